The molecule has 0 aliphatic rings. The number of aromatic nitrogens is 1. The van der Waals surface area contributed by atoms with E-state index in [1.807, 2.05) is 30.3 Å². The number of nitrogens with zero attached hydrogens (tertiary/aromatic N) is 2. The van der Waals surface area contributed by atoms with Gasteiger partial charge in [-0.3, -0.25) is 4.79 Å². The highest BCUT2D eigenvalue weighted by molar-refractivity contribution is 5.99. The molecule has 0 aliphatic heterocycles. The predicted molar refractivity (Wildman–Crippen MR) is 76.7 cm³/mol. The van der Waals surface area contributed by atoms with Crippen LogP contribution in [0.25, 0.3) is 10.9 Å². The summed E-state index contributed by atoms with van der Waals surface area (Å²) in [6.07, 6.45) is 0. The van der Waals surface area contributed by atoms with Gasteiger partial charge in [-0.1, -0.05) is 29.4 Å². The van der Waals surface area contributed by atoms with Crippen molar-refractivity contribution >= 4 is 22.6 Å². The molecule has 0 bridgehead atoms. The van der Waals surface area contributed by atoms with E-state index in [2.05, 4.69) is 15.5 Å². The minimum atomic E-state index is -0.959. The number of hydrogen-bond acceptors (Lipinski definition) is 4. The lowest BCUT2D eigenvalue weighted by molar-refractivity contribution is 0.0926. The lowest BCUT2D eigenvalue weighted by Crippen LogP contribution is -2.53. The molecule has 0 saturated carbocycles. The Balaban J connectivity index is 2.28. The summed E-state index contributed by atoms with van der Waals surface area (Å²) < 4.78 is 0. The minimum Gasteiger partial charge on any atom is -0.409 e. The Kier molecular flexibility index (Phi) is 3.56. The van der Waals surface area contributed by atoms with Crippen LogP contribution in [0.1, 0.15) is 24.3 Å². The number of amides is 1. The molecule has 1 amide bonds. The fourth-order valence-corrected chi connectivity index (χ4v) is 1.73. The van der Waals surface area contributed by atoms with Crippen LogP contribution >= 0.6 is 0 Å². The topological polar surface area (TPSA) is 101 Å². The summed E-state index contributed by atoms with van der Waals surface area (Å²) >= 11 is 0. The van der Waals surface area contributed by atoms with Crippen molar-refractivity contribution in [3.63, 3.8) is 0 Å². The lowest BCUT2D eigenvalue weighted by atomic mass is 10.0. The average Bonchev–Trinajstić information content (AvgIpc) is 2.45. The number of nitrogens with two attached hydrogens (primary N) is 1. The number of fused-ring (bicyclic) bond motifs is 1. The number of carbonyl (C=O) groups excluding carboxylic acids is 1. The van der Waals surface area contributed by atoms with Gasteiger partial charge in [-0.2, -0.15) is 0 Å². The molecule has 4 N–H and O–H groups in total. The van der Waals surface area contributed by atoms with Gasteiger partial charge in [-0.25, -0.2) is 4.98 Å². The van der Waals surface area contributed by atoms with Crippen molar-refractivity contribution in [1.29, 1.82) is 0 Å². The molecule has 0 radical (unpaired) electrons. The highest BCUT2D eigenvalue weighted by atomic mass is 16.4. The molecule has 0 aliphatic carbocycles. The number of rotatable bonds is 3. The monoisotopic (exact) mass is 272 g/mol. The summed E-state index contributed by atoms with van der Waals surface area (Å²) in [5.41, 5.74) is 5.59. The maximum Gasteiger partial charge on any atom is 0.270 e. The first kappa shape index (κ1) is 13.8. The number of nitrogens with one attached hydrogen (secondary N) is 1. The second-order valence-corrected chi connectivity index (χ2v) is 4.95. The first-order chi connectivity index (χ1) is 9.44. The Morgan fingerprint density at radius 1 is 1.30 bits per heavy atom. The van der Waals surface area contributed by atoms with Crippen molar-refractivity contribution in [3.05, 3.63) is 42.1 Å². The van der Waals surface area contributed by atoms with Crippen molar-refractivity contribution in [2.45, 2.75) is 19.4 Å². The van der Waals surface area contributed by atoms with Crippen LogP contribution < -0.4 is 11.1 Å². The van der Waals surface area contributed by atoms with Crippen LogP contribution in [0.2, 0.25) is 0 Å². The van der Waals surface area contributed by atoms with Crippen LogP contribution in [0.3, 0.4) is 0 Å². The van der Waals surface area contributed by atoms with Gasteiger partial charge in [0, 0.05) is 5.39 Å². The zero-order valence-corrected chi connectivity index (χ0v) is 11.3. The highest BCUT2D eigenvalue weighted by Crippen LogP contribution is 2.12. The summed E-state index contributed by atoms with van der Waals surface area (Å²) in [5.74, 6) is -0.459. The molecule has 0 saturated heterocycles. The van der Waals surface area contributed by atoms with Gasteiger partial charge in [0.15, 0.2) is 5.84 Å². The largest absolute Gasteiger partial charge is 0.409 e. The standard InChI is InChI=1S/C14H16N4O2/c1-14(2,13(15)18-20)17-12(19)11-8-7-9-5-3-4-6-10(9)16-11/h3-8,20H,1-2H3,(H2,15,18)(H,17,19). The lowest BCUT2D eigenvalue weighted by Gasteiger charge is -2.24. The smallest absolute Gasteiger partial charge is 0.270 e. The van der Waals surface area contributed by atoms with Crippen LogP contribution in [0.4, 0.5) is 0 Å². The maximum atomic E-state index is 12.2. The first-order valence-corrected chi connectivity index (χ1v) is 6.10. The van der Waals surface area contributed by atoms with Crippen molar-refractivity contribution in [2.24, 2.45) is 10.9 Å². The molecule has 6 nitrogen and oxygen atoms in total. The van der Waals surface area contributed by atoms with Gasteiger partial charge in [0.2, 0.25) is 0 Å². The van der Waals surface area contributed by atoms with Crippen LogP contribution in [-0.2, 0) is 0 Å². The number of para-hydroxylation sites is 1. The van der Waals surface area contributed by atoms with Gasteiger partial charge >= 0.3 is 0 Å². The Morgan fingerprint density at radius 2 is 2.00 bits per heavy atom. The van der Waals surface area contributed by atoms with Crippen molar-refractivity contribution in [3.8, 4) is 0 Å². The minimum absolute atomic E-state index is 0.0772. The molecule has 1 aromatic heterocycles. The van der Waals surface area contributed by atoms with Crippen LogP contribution in [0.5, 0.6) is 0 Å². The molecule has 0 spiro atoms. The van der Waals surface area contributed by atoms with Crippen LogP contribution in [-0.4, -0.2) is 27.5 Å². The number of oxime groups is 1. The fourth-order valence-electron chi connectivity index (χ4n) is 1.73. The molecule has 1 aromatic carbocycles. The Labute approximate surface area is 116 Å². The number of pyridine rings is 1. The third kappa shape index (κ3) is 2.69. The van der Waals surface area contributed by atoms with Gasteiger partial charge in [0.25, 0.3) is 5.91 Å². The van der Waals surface area contributed by atoms with Crippen LogP contribution in [0, 0.1) is 0 Å². The Morgan fingerprint density at radius 3 is 2.70 bits per heavy atom. The molecular formula is C14H16N4O2. The third-order valence-electron chi connectivity index (χ3n) is 3.01. The molecule has 104 valence electrons. The van der Waals surface area contributed by atoms with E-state index in [0.717, 1.165) is 10.9 Å². The molecule has 20 heavy (non-hydrogen) atoms. The molecule has 2 rings (SSSR count). The van der Waals surface area contributed by atoms with E-state index >= 15 is 0 Å². The summed E-state index contributed by atoms with van der Waals surface area (Å²) in [4.78, 5) is 16.4. The van der Waals surface area contributed by atoms with Crippen molar-refractivity contribution in [1.82, 2.24) is 10.3 Å². The van der Waals surface area contributed by atoms with E-state index in [-0.39, 0.29) is 17.4 Å². The summed E-state index contributed by atoms with van der Waals surface area (Å²) in [7, 11) is 0. The molecule has 0 fully saturated rings. The second kappa shape index (κ2) is 5.16. The van der Waals surface area contributed by atoms with E-state index in [9.17, 15) is 4.79 Å². The molecule has 2 aromatic rings. The zero-order valence-electron chi connectivity index (χ0n) is 11.3. The maximum absolute atomic E-state index is 12.2. The number of amidine groups is 1. The molecule has 0 unspecified atom stereocenters. The van der Waals surface area contributed by atoms with Gasteiger partial charge in [-0.15, -0.1) is 0 Å². The molecule has 1 heterocycles. The predicted octanol–water partition coefficient (Wildman–Crippen LogP) is 1.49. The van der Waals surface area contributed by atoms with Gasteiger partial charge in [-0.05, 0) is 26.0 Å². The van der Waals surface area contributed by atoms with E-state index in [4.69, 9.17) is 10.9 Å². The average molecular weight is 272 g/mol. The van der Waals surface area contributed by atoms with E-state index in [1.165, 1.54) is 0 Å². The molecular weight excluding hydrogens is 256 g/mol. The van der Waals surface area contributed by atoms with E-state index < -0.39 is 5.54 Å². The van der Waals surface area contributed by atoms with E-state index in [1.54, 1.807) is 19.9 Å². The molecule has 6 heteroatoms. The highest BCUT2D eigenvalue weighted by Gasteiger charge is 2.26. The fraction of sp³-hybridized carbons (Fsp3) is 0.214. The van der Waals surface area contributed by atoms with Gasteiger partial charge in [0.1, 0.15) is 5.69 Å². The number of carbonyl (C=O) groups is 1. The quantitative estimate of drug-likeness (QED) is 0.341. The summed E-state index contributed by atoms with van der Waals surface area (Å²) in [6.45, 7) is 3.28. The SMILES string of the molecule is CC(C)(NC(=O)c1ccc2ccccc2n1)/C(N)=N/O. The second-order valence-electron chi connectivity index (χ2n) is 4.95. The Hall–Kier alpha value is -2.63. The summed E-state index contributed by atoms with van der Waals surface area (Å²) in [5, 5.41) is 15.2. The van der Waals surface area contributed by atoms with E-state index in [0.29, 0.717) is 0 Å². The molecule has 0 atom stereocenters. The third-order valence-corrected chi connectivity index (χ3v) is 3.01. The van der Waals surface area contributed by atoms with Crippen LogP contribution in [0.15, 0.2) is 41.6 Å². The zero-order chi connectivity index (χ0) is 14.8. The number of hydrogen-bond donors (Lipinski definition) is 3. The summed E-state index contributed by atoms with van der Waals surface area (Å²) in [6, 6.07) is 11.0. The van der Waals surface area contributed by atoms with Crippen molar-refractivity contribution < 1.29 is 10.0 Å². The number of benzene rings is 1. The normalized spacial score (nSPS) is 12.4. The van der Waals surface area contributed by atoms with Gasteiger partial charge in [0.05, 0.1) is 11.1 Å². The van der Waals surface area contributed by atoms with Crippen molar-refractivity contribution in [2.75, 3.05) is 0 Å². The Bertz CT molecular complexity index is 680. The van der Waals surface area contributed by atoms with Gasteiger partial charge < -0.3 is 16.3 Å². The first-order valence-electron chi connectivity index (χ1n) is 6.10.